The second-order valence-electron chi connectivity index (χ2n) is 10.6. The molecule has 0 aliphatic carbocycles. The molecule has 1 saturated heterocycles. The average molecular weight is 558 g/mol. The number of carbonyl (C=O) groups is 3. The molecule has 1 fully saturated rings. The molecule has 10 nitrogen and oxygen atoms in total. The maximum absolute atomic E-state index is 13.5. The zero-order valence-corrected chi connectivity index (χ0v) is 22.9. The molecule has 2 aromatic rings. The zero-order chi connectivity index (χ0) is 28.4. The number of amides is 3. The van der Waals surface area contributed by atoms with Crippen LogP contribution in [-0.2, 0) is 15.1 Å². The Morgan fingerprint density at radius 2 is 1.82 bits per heavy atom. The Labute approximate surface area is 231 Å². The van der Waals surface area contributed by atoms with Crippen molar-refractivity contribution in [3.8, 4) is 0 Å². The second-order valence-corrected chi connectivity index (χ2v) is 11.0. The lowest BCUT2D eigenvalue weighted by Gasteiger charge is -2.39. The molecule has 0 radical (unpaired) electrons. The Bertz CT molecular complexity index is 1280. The summed E-state index contributed by atoms with van der Waals surface area (Å²) in [6.45, 7) is 8.24. The van der Waals surface area contributed by atoms with E-state index in [9.17, 15) is 18.8 Å². The van der Waals surface area contributed by atoms with E-state index < -0.39 is 40.7 Å². The molecule has 4 rings (SSSR count). The first-order valence-corrected chi connectivity index (χ1v) is 13.0. The monoisotopic (exact) mass is 557 g/mol. The van der Waals surface area contributed by atoms with Crippen LogP contribution in [0.5, 0.6) is 0 Å². The van der Waals surface area contributed by atoms with E-state index in [-0.39, 0.29) is 10.6 Å². The summed E-state index contributed by atoms with van der Waals surface area (Å²) in [5.74, 6) is -2.28. The summed E-state index contributed by atoms with van der Waals surface area (Å²) in [4.78, 5) is 47.7. The van der Waals surface area contributed by atoms with Crippen molar-refractivity contribution in [3.05, 3.63) is 64.4 Å². The van der Waals surface area contributed by atoms with Crippen LogP contribution in [0.15, 0.2) is 47.5 Å². The highest BCUT2D eigenvalue weighted by atomic mass is 35.5. The Hall–Kier alpha value is -3.54. The predicted molar refractivity (Wildman–Crippen MR) is 148 cm³/mol. The third-order valence-corrected chi connectivity index (χ3v) is 7.33. The maximum atomic E-state index is 13.5. The fraction of sp³-hybridized carbons (Fsp3) is 0.407. The molecule has 2 aliphatic heterocycles. The van der Waals surface area contributed by atoms with Gasteiger partial charge in [-0.3, -0.25) is 24.3 Å². The van der Waals surface area contributed by atoms with Crippen LogP contribution in [0, 0.1) is 5.82 Å². The summed E-state index contributed by atoms with van der Waals surface area (Å²) >= 11 is 5.99. The summed E-state index contributed by atoms with van der Waals surface area (Å²) < 4.78 is 13.3. The third kappa shape index (κ3) is 6.21. The van der Waals surface area contributed by atoms with Crippen LogP contribution in [0.25, 0.3) is 0 Å². The minimum Gasteiger partial charge on any atom is -0.367 e. The molecule has 5 N–H and O–H groups in total. The first-order valence-electron chi connectivity index (χ1n) is 12.6. The van der Waals surface area contributed by atoms with Crippen LogP contribution >= 0.6 is 11.6 Å². The van der Waals surface area contributed by atoms with E-state index in [1.54, 1.807) is 24.3 Å². The van der Waals surface area contributed by atoms with Crippen molar-refractivity contribution in [1.82, 2.24) is 20.4 Å². The number of halogens is 2. The number of piperazine rings is 1. The minimum absolute atomic E-state index is 0.0199. The van der Waals surface area contributed by atoms with E-state index in [1.807, 2.05) is 13.8 Å². The topological polar surface area (TPSA) is 132 Å². The number of primary amides is 1. The summed E-state index contributed by atoms with van der Waals surface area (Å²) in [5, 5.41) is 8.62. The fourth-order valence-electron chi connectivity index (χ4n) is 4.95. The van der Waals surface area contributed by atoms with Gasteiger partial charge in [0.2, 0.25) is 5.91 Å². The van der Waals surface area contributed by atoms with Gasteiger partial charge in [-0.1, -0.05) is 23.7 Å². The van der Waals surface area contributed by atoms with E-state index in [0.29, 0.717) is 17.8 Å². The van der Waals surface area contributed by atoms with Gasteiger partial charge < -0.3 is 26.6 Å². The number of anilines is 1. The Balaban J connectivity index is 1.49. The van der Waals surface area contributed by atoms with Gasteiger partial charge in [-0.25, -0.2) is 4.39 Å². The zero-order valence-electron chi connectivity index (χ0n) is 22.1. The van der Waals surface area contributed by atoms with Gasteiger partial charge in [0.1, 0.15) is 5.82 Å². The van der Waals surface area contributed by atoms with E-state index in [1.165, 1.54) is 12.4 Å². The molecule has 2 aliphatic rings. The van der Waals surface area contributed by atoms with Crippen LogP contribution in [0.4, 0.5) is 10.1 Å². The van der Waals surface area contributed by atoms with Gasteiger partial charge in [-0.05, 0) is 56.8 Å². The molecule has 39 heavy (non-hydrogen) atoms. The number of nitrogens with two attached hydrogens (primary N) is 1. The fourth-order valence-corrected chi connectivity index (χ4v) is 5.21. The number of rotatable bonds is 8. The molecular weight excluding hydrogens is 525 g/mol. The van der Waals surface area contributed by atoms with Crippen LogP contribution in [0.1, 0.15) is 29.8 Å². The molecule has 2 aromatic carbocycles. The number of carbonyl (C=O) groups excluding carboxylic acids is 3. The van der Waals surface area contributed by atoms with Gasteiger partial charge in [0.25, 0.3) is 11.8 Å². The summed E-state index contributed by atoms with van der Waals surface area (Å²) in [6, 6.07) is 8.67. The van der Waals surface area contributed by atoms with E-state index in [4.69, 9.17) is 17.3 Å². The molecule has 0 spiro atoms. The first-order chi connectivity index (χ1) is 18.4. The number of likely N-dealkylation sites (N-methyl/N-ethyl adjacent to an activating group) is 1. The number of benzene rings is 2. The molecule has 0 saturated carbocycles. The SMILES string of the molecule is CN1CCN(CC(C)(C)NC(=O)C2N=CNC2(C(N)=O)c2ccc(NC(=O)c3ccc(F)cc3Cl)cc2)CC1. The first kappa shape index (κ1) is 28.5. The minimum atomic E-state index is -1.61. The number of aliphatic imine (C=N–C) groups is 1. The van der Waals surface area contributed by atoms with Crippen LogP contribution in [0.3, 0.4) is 0 Å². The lowest BCUT2D eigenvalue weighted by atomic mass is 9.82. The summed E-state index contributed by atoms with van der Waals surface area (Å²) in [7, 11) is 2.08. The molecule has 12 heteroatoms. The number of hydrogen-bond acceptors (Lipinski definition) is 7. The summed E-state index contributed by atoms with van der Waals surface area (Å²) in [6.07, 6.45) is 1.31. The van der Waals surface area contributed by atoms with Crippen molar-refractivity contribution in [2.24, 2.45) is 10.7 Å². The number of nitrogens with zero attached hydrogens (tertiary/aromatic N) is 3. The predicted octanol–water partition coefficient (Wildman–Crippen LogP) is 1.55. The molecule has 0 bridgehead atoms. The second kappa shape index (κ2) is 11.3. The highest BCUT2D eigenvalue weighted by Crippen LogP contribution is 2.32. The Kier molecular flexibility index (Phi) is 8.24. The van der Waals surface area contributed by atoms with E-state index >= 15 is 0 Å². The quantitative estimate of drug-likeness (QED) is 0.389. The van der Waals surface area contributed by atoms with Crippen molar-refractivity contribution in [2.75, 3.05) is 45.1 Å². The highest BCUT2D eigenvalue weighted by molar-refractivity contribution is 6.34. The van der Waals surface area contributed by atoms with Gasteiger partial charge >= 0.3 is 0 Å². The van der Waals surface area contributed by atoms with E-state index in [0.717, 1.165) is 38.3 Å². The lowest BCUT2D eigenvalue weighted by Crippen LogP contribution is -2.63. The van der Waals surface area contributed by atoms with Crippen molar-refractivity contribution in [2.45, 2.75) is 31.0 Å². The standard InChI is InChI=1S/C27H33ClFN7O3/c1-26(2,15-36-12-10-35(3)11-13-36)34-24(38)22-27(25(30)39,32-16-31-22)17-4-7-19(8-5-17)33-23(37)20-9-6-18(29)14-21(20)28/h4-9,14,16,22H,10-13,15H2,1-3H3,(H2,30,39)(H,31,32)(H,33,37)(H,34,38). The molecule has 208 valence electrons. The van der Waals surface area contributed by atoms with Crippen LogP contribution < -0.4 is 21.7 Å². The van der Waals surface area contributed by atoms with Gasteiger partial charge in [0, 0.05) is 44.0 Å². The third-order valence-electron chi connectivity index (χ3n) is 7.01. The van der Waals surface area contributed by atoms with E-state index in [2.05, 4.69) is 37.8 Å². The lowest BCUT2D eigenvalue weighted by molar-refractivity contribution is -0.132. The maximum Gasteiger partial charge on any atom is 0.257 e. The van der Waals surface area contributed by atoms with Crippen molar-refractivity contribution in [1.29, 1.82) is 0 Å². The average Bonchev–Trinajstić information content (AvgIpc) is 3.32. The highest BCUT2D eigenvalue weighted by Gasteiger charge is 2.52. The molecule has 3 amide bonds. The number of hydrogen-bond donors (Lipinski definition) is 4. The van der Waals surface area contributed by atoms with Gasteiger partial charge in [0.05, 0.1) is 16.9 Å². The molecule has 2 heterocycles. The van der Waals surface area contributed by atoms with Crippen molar-refractivity contribution in [3.63, 3.8) is 0 Å². The molecule has 2 unspecified atom stereocenters. The van der Waals surface area contributed by atoms with Gasteiger partial charge in [0.15, 0.2) is 11.6 Å². The van der Waals surface area contributed by atoms with Gasteiger partial charge in [-0.15, -0.1) is 0 Å². The van der Waals surface area contributed by atoms with Gasteiger partial charge in [-0.2, -0.15) is 0 Å². The summed E-state index contributed by atoms with van der Waals surface area (Å²) in [5.41, 5.74) is 4.57. The Morgan fingerprint density at radius 1 is 1.15 bits per heavy atom. The Morgan fingerprint density at radius 3 is 2.44 bits per heavy atom. The molecular formula is C27H33ClFN7O3. The molecule has 2 atom stereocenters. The largest absolute Gasteiger partial charge is 0.367 e. The van der Waals surface area contributed by atoms with Crippen LogP contribution in [-0.4, -0.2) is 85.2 Å². The number of nitrogens with one attached hydrogen (secondary N) is 3. The van der Waals surface area contributed by atoms with Crippen molar-refractivity contribution >= 4 is 41.3 Å². The smallest absolute Gasteiger partial charge is 0.257 e. The van der Waals surface area contributed by atoms with Crippen molar-refractivity contribution < 1.29 is 18.8 Å². The normalized spacial score (nSPS) is 21.8. The molecule has 0 aromatic heterocycles. The van der Waals surface area contributed by atoms with Crippen LogP contribution in [0.2, 0.25) is 5.02 Å².